The van der Waals surface area contributed by atoms with Crippen LogP contribution in [-0.4, -0.2) is 44.1 Å². The molecule has 0 spiro atoms. The molecule has 1 aliphatic heterocycles. The van der Waals surface area contributed by atoms with Crippen molar-refractivity contribution < 1.29 is 27.7 Å². The molecular weight excluding hydrogens is 304 g/mol. The van der Waals surface area contributed by atoms with E-state index < -0.39 is 46.9 Å². The van der Waals surface area contributed by atoms with Crippen molar-refractivity contribution in [3.8, 4) is 0 Å². The van der Waals surface area contributed by atoms with Gasteiger partial charge >= 0.3 is 5.97 Å². The molecule has 2 atom stereocenters. The van der Waals surface area contributed by atoms with Crippen molar-refractivity contribution in [1.82, 2.24) is 4.90 Å². The van der Waals surface area contributed by atoms with E-state index in [1.54, 1.807) is 0 Å². The number of halogens is 2. The van der Waals surface area contributed by atoms with Crippen LogP contribution in [0, 0.1) is 11.6 Å². The Labute approximate surface area is 123 Å². The summed E-state index contributed by atoms with van der Waals surface area (Å²) >= 11 is 0. The average molecular weight is 319 g/mol. The normalized spacial score (nSPS) is 21.8. The third-order valence-electron chi connectivity index (χ3n) is 2.90. The summed E-state index contributed by atoms with van der Waals surface area (Å²) in [6, 6.07) is 1.79. The van der Waals surface area contributed by atoms with Gasteiger partial charge in [-0.3, -0.25) is 13.8 Å². The quantitative estimate of drug-likeness (QED) is 0.912. The molecule has 1 unspecified atom stereocenters. The Morgan fingerprint density at radius 2 is 1.90 bits per heavy atom. The lowest BCUT2D eigenvalue weighted by Gasteiger charge is -2.34. The van der Waals surface area contributed by atoms with Gasteiger partial charge < -0.3 is 10.0 Å². The van der Waals surface area contributed by atoms with E-state index in [-0.39, 0.29) is 24.5 Å². The minimum atomic E-state index is -1.48. The molecule has 1 aromatic carbocycles. The van der Waals surface area contributed by atoms with Gasteiger partial charge in [0.2, 0.25) is 5.91 Å². The number of amides is 1. The van der Waals surface area contributed by atoms with Crippen LogP contribution in [0.1, 0.15) is 19.0 Å². The van der Waals surface area contributed by atoms with Gasteiger partial charge in [-0.25, -0.2) is 8.78 Å². The molecule has 1 saturated heterocycles. The third kappa shape index (κ3) is 4.07. The van der Waals surface area contributed by atoms with Gasteiger partial charge in [-0.05, 0) is 17.7 Å². The monoisotopic (exact) mass is 319 g/mol. The van der Waals surface area contributed by atoms with Crippen LogP contribution in [0.25, 0.3) is 0 Å². The van der Waals surface area contributed by atoms with Crippen LogP contribution in [0.15, 0.2) is 18.2 Å². The second kappa shape index (κ2) is 6.75. The largest absolute Gasteiger partial charge is 0.480 e. The molecule has 0 bridgehead atoms. The van der Waals surface area contributed by atoms with E-state index in [4.69, 9.17) is 5.11 Å². The van der Waals surface area contributed by atoms with E-state index >= 15 is 0 Å². The summed E-state index contributed by atoms with van der Waals surface area (Å²) in [5, 5.41) is 8.81. The number of nitrogens with zero attached hydrogens (tertiary/aromatic N) is 1. The van der Waals surface area contributed by atoms with E-state index in [1.807, 2.05) is 0 Å². The summed E-state index contributed by atoms with van der Waals surface area (Å²) in [5.41, 5.74) is 0.102. The maximum atomic E-state index is 13.2. The summed E-state index contributed by atoms with van der Waals surface area (Å²) in [7, 11) is -1.48. The Balaban J connectivity index is 0.00000220. The first-order chi connectivity index (χ1) is 9.36. The van der Waals surface area contributed by atoms with Gasteiger partial charge in [-0.15, -0.1) is 0 Å². The molecule has 8 heteroatoms. The molecule has 1 fully saturated rings. The molecular formula is C13H15F2NO4S. The fraction of sp³-hybridized carbons (Fsp3) is 0.385. The molecule has 1 aromatic rings. The summed E-state index contributed by atoms with van der Waals surface area (Å²) in [6.45, 7) is -0.598. The van der Waals surface area contributed by atoms with Crippen LogP contribution in [0.4, 0.5) is 8.78 Å². The molecule has 5 nitrogen and oxygen atoms in total. The predicted octanol–water partition coefficient (Wildman–Crippen LogP) is 1.32. The van der Waals surface area contributed by atoms with Crippen molar-refractivity contribution in [2.24, 2.45) is 0 Å². The Morgan fingerprint density at radius 1 is 1.33 bits per heavy atom. The zero-order chi connectivity index (χ0) is 14.9. The van der Waals surface area contributed by atoms with E-state index in [9.17, 15) is 22.6 Å². The van der Waals surface area contributed by atoms with E-state index in [0.717, 1.165) is 17.0 Å². The molecule has 1 amide bonds. The molecule has 2 rings (SSSR count). The van der Waals surface area contributed by atoms with Crippen molar-refractivity contribution >= 4 is 22.7 Å². The number of carboxylic acid groups (broad SMARTS) is 1. The van der Waals surface area contributed by atoms with E-state index in [2.05, 4.69) is 0 Å². The molecule has 21 heavy (non-hydrogen) atoms. The Bertz CT molecular complexity index is 573. The lowest BCUT2D eigenvalue weighted by molar-refractivity contribution is -0.145. The van der Waals surface area contributed by atoms with Crippen LogP contribution in [0.3, 0.4) is 0 Å². The van der Waals surface area contributed by atoms with Crippen LogP contribution in [-0.2, 0) is 20.4 Å². The Kier molecular flexibility index (Phi) is 5.54. The Hall–Kier alpha value is -1.83. The number of aliphatic carboxylic acids is 1. The summed E-state index contributed by atoms with van der Waals surface area (Å²) in [4.78, 5) is 23.5. The van der Waals surface area contributed by atoms with Crippen molar-refractivity contribution in [1.29, 1.82) is 0 Å². The SMILES string of the molecule is C.O=C(O)CN1C(=O)CS(=O)C[C@H]1c1cc(F)cc(F)c1. The molecule has 0 aromatic heterocycles. The van der Waals surface area contributed by atoms with Gasteiger partial charge in [-0.1, -0.05) is 7.43 Å². The van der Waals surface area contributed by atoms with Gasteiger partial charge in [0.05, 0.1) is 6.04 Å². The van der Waals surface area contributed by atoms with Gasteiger partial charge in [0.1, 0.15) is 23.9 Å². The number of rotatable bonds is 3. The third-order valence-corrected chi connectivity index (χ3v) is 4.16. The number of carboxylic acids is 1. The second-order valence-electron chi connectivity index (χ2n) is 4.38. The second-order valence-corrected chi connectivity index (χ2v) is 5.89. The molecule has 0 saturated carbocycles. The fourth-order valence-corrected chi connectivity index (χ4v) is 3.39. The molecule has 116 valence electrons. The first-order valence-electron chi connectivity index (χ1n) is 5.69. The fourth-order valence-electron chi connectivity index (χ4n) is 2.11. The highest BCUT2D eigenvalue weighted by atomic mass is 32.2. The van der Waals surface area contributed by atoms with E-state index in [1.165, 1.54) is 0 Å². The zero-order valence-corrected chi connectivity index (χ0v) is 11.0. The van der Waals surface area contributed by atoms with Crippen molar-refractivity contribution in [3.05, 3.63) is 35.4 Å². The number of hydrogen-bond donors (Lipinski definition) is 1. The number of carbonyl (C=O) groups is 2. The van der Waals surface area contributed by atoms with Gasteiger partial charge in [0, 0.05) is 22.6 Å². The summed E-state index contributed by atoms with van der Waals surface area (Å²) < 4.78 is 38.0. The van der Waals surface area contributed by atoms with Crippen LogP contribution in [0.2, 0.25) is 0 Å². The van der Waals surface area contributed by atoms with Crippen LogP contribution >= 0.6 is 0 Å². The zero-order valence-electron chi connectivity index (χ0n) is 10.2. The van der Waals surface area contributed by atoms with Gasteiger partial charge in [0.25, 0.3) is 0 Å². The first kappa shape index (κ1) is 17.2. The maximum absolute atomic E-state index is 13.2. The Morgan fingerprint density at radius 3 is 2.43 bits per heavy atom. The summed E-state index contributed by atoms with van der Waals surface area (Å²) in [5.74, 6) is -3.83. The lowest BCUT2D eigenvalue weighted by Crippen LogP contribution is -2.47. The molecule has 1 heterocycles. The average Bonchev–Trinajstić information content (AvgIpc) is 2.30. The van der Waals surface area contributed by atoms with Crippen molar-refractivity contribution in [3.63, 3.8) is 0 Å². The van der Waals surface area contributed by atoms with Crippen LogP contribution < -0.4 is 0 Å². The summed E-state index contributed by atoms with van der Waals surface area (Å²) in [6.07, 6.45) is 0. The van der Waals surface area contributed by atoms with Gasteiger partial charge in [0.15, 0.2) is 0 Å². The minimum Gasteiger partial charge on any atom is -0.480 e. The molecule has 1 N–H and O–H groups in total. The molecule has 0 radical (unpaired) electrons. The van der Waals surface area contributed by atoms with Crippen LogP contribution in [0.5, 0.6) is 0 Å². The number of hydrogen-bond acceptors (Lipinski definition) is 3. The smallest absolute Gasteiger partial charge is 0.323 e. The minimum absolute atomic E-state index is 0. The molecule has 0 aliphatic carbocycles. The maximum Gasteiger partial charge on any atom is 0.323 e. The van der Waals surface area contributed by atoms with Gasteiger partial charge in [-0.2, -0.15) is 0 Å². The topological polar surface area (TPSA) is 74.7 Å². The highest BCUT2D eigenvalue weighted by Crippen LogP contribution is 2.27. The lowest BCUT2D eigenvalue weighted by atomic mass is 10.1. The first-order valence-corrected chi connectivity index (χ1v) is 7.18. The molecule has 1 aliphatic rings. The number of carbonyl (C=O) groups excluding carboxylic acids is 1. The standard InChI is InChI=1S/C12H11F2NO4S.CH4/c13-8-1-7(2-9(14)3-8)10-5-20(19)6-11(16)15(10)4-12(17)18;/h1-3,10H,4-6H2,(H,17,18);1H4/t10-,20?;/m0./s1. The van der Waals surface area contributed by atoms with Crippen molar-refractivity contribution in [2.75, 3.05) is 18.1 Å². The number of benzene rings is 1. The highest BCUT2D eigenvalue weighted by molar-refractivity contribution is 7.85. The van der Waals surface area contributed by atoms with E-state index in [0.29, 0.717) is 6.07 Å². The predicted molar refractivity (Wildman–Crippen MR) is 73.1 cm³/mol. The van der Waals surface area contributed by atoms with Crippen molar-refractivity contribution in [2.45, 2.75) is 13.5 Å². The highest BCUT2D eigenvalue weighted by Gasteiger charge is 2.34.